The van der Waals surface area contributed by atoms with Crippen molar-refractivity contribution < 1.29 is 13.2 Å². The van der Waals surface area contributed by atoms with Crippen LogP contribution in [0, 0.1) is 0 Å². The predicted octanol–water partition coefficient (Wildman–Crippen LogP) is 4.91. The number of carbonyl (C=O) groups is 1. The molecule has 1 aliphatic rings. The van der Waals surface area contributed by atoms with Crippen molar-refractivity contribution in [2.24, 2.45) is 4.40 Å². The minimum Gasteiger partial charge on any atom is -0.272 e. The van der Waals surface area contributed by atoms with E-state index >= 15 is 0 Å². The molecule has 3 aromatic carbocycles. The number of sulfonamides is 1. The Morgan fingerprint density at radius 2 is 1.45 bits per heavy atom. The van der Waals surface area contributed by atoms with E-state index < -0.39 is 15.3 Å². The highest BCUT2D eigenvalue weighted by atomic mass is 35.5. The van der Waals surface area contributed by atoms with Gasteiger partial charge >= 0.3 is 0 Å². The van der Waals surface area contributed by atoms with E-state index in [1.54, 1.807) is 24.3 Å². The van der Waals surface area contributed by atoms with E-state index in [0.717, 1.165) is 17.3 Å². The first kappa shape index (κ1) is 19.7. The van der Waals surface area contributed by atoms with Gasteiger partial charge in [-0.15, -0.1) is 4.40 Å². The maximum atomic E-state index is 13.2. The minimum absolute atomic E-state index is 0.0126. The lowest BCUT2D eigenvalue weighted by atomic mass is 10.1. The number of carbonyl (C=O) groups excluding carboxylic acids is 1. The van der Waals surface area contributed by atoms with Gasteiger partial charge in [-0.25, -0.2) is 0 Å². The van der Waals surface area contributed by atoms with Gasteiger partial charge in [0.25, 0.3) is 15.9 Å². The number of thioether (sulfide) groups is 1. The quantitative estimate of drug-likeness (QED) is 0.576. The molecule has 1 atom stereocenters. The molecule has 1 unspecified atom stereocenters. The van der Waals surface area contributed by atoms with Gasteiger partial charge in [-0.05, 0) is 42.0 Å². The zero-order chi connectivity index (χ0) is 20.4. The van der Waals surface area contributed by atoms with Gasteiger partial charge in [0.05, 0.1) is 10.6 Å². The molecular formula is C21H15ClN2O3S2. The molecule has 3 aromatic rings. The molecule has 1 heterocycles. The van der Waals surface area contributed by atoms with Gasteiger partial charge < -0.3 is 0 Å². The highest BCUT2D eigenvalue weighted by Gasteiger charge is 2.41. The lowest BCUT2D eigenvalue weighted by molar-refractivity contribution is -0.117. The third kappa shape index (κ3) is 4.07. The molecular weight excluding hydrogens is 428 g/mol. The van der Waals surface area contributed by atoms with Crippen LogP contribution in [0.15, 0.2) is 94.2 Å². The summed E-state index contributed by atoms with van der Waals surface area (Å²) < 4.78 is 29.7. The van der Waals surface area contributed by atoms with E-state index in [2.05, 4.69) is 4.40 Å². The van der Waals surface area contributed by atoms with Crippen LogP contribution >= 0.6 is 23.4 Å². The molecule has 146 valence electrons. The minimum atomic E-state index is -4.02. The largest absolute Gasteiger partial charge is 0.284 e. The van der Waals surface area contributed by atoms with E-state index in [1.807, 2.05) is 36.4 Å². The molecule has 1 aliphatic heterocycles. The van der Waals surface area contributed by atoms with E-state index in [0.29, 0.717) is 10.7 Å². The van der Waals surface area contributed by atoms with Crippen LogP contribution in [0.5, 0.6) is 0 Å². The fraction of sp³-hybridized carbons (Fsp3) is 0.0476. The zero-order valence-electron chi connectivity index (χ0n) is 15.0. The van der Waals surface area contributed by atoms with Crippen LogP contribution in [0.2, 0.25) is 5.02 Å². The molecule has 29 heavy (non-hydrogen) atoms. The van der Waals surface area contributed by atoms with Crippen LogP contribution < -0.4 is 4.90 Å². The van der Waals surface area contributed by atoms with Gasteiger partial charge in [0, 0.05) is 5.02 Å². The second kappa shape index (κ2) is 8.02. The number of hydrogen-bond acceptors (Lipinski definition) is 4. The zero-order valence-corrected chi connectivity index (χ0v) is 17.4. The number of anilines is 1. The second-order valence-electron chi connectivity index (χ2n) is 6.22. The van der Waals surface area contributed by atoms with Crippen LogP contribution in [0.3, 0.4) is 0 Å². The van der Waals surface area contributed by atoms with Crippen molar-refractivity contribution in [3.05, 3.63) is 95.5 Å². The van der Waals surface area contributed by atoms with Crippen LogP contribution in [-0.4, -0.2) is 19.5 Å². The fourth-order valence-corrected chi connectivity index (χ4v) is 5.37. The monoisotopic (exact) mass is 442 g/mol. The van der Waals surface area contributed by atoms with Gasteiger partial charge in [0.15, 0.2) is 5.17 Å². The molecule has 0 aromatic heterocycles. The number of halogens is 1. The smallest absolute Gasteiger partial charge is 0.272 e. The molecule has 8 heteroatoms. The van der Waals surface area contributed by atoms with Gasteiger partial charge in [0.1, 0.15) is 5.25 Å². The summed E-state index contributed by atoms with van der Waals surface area (Å²) in [4.78, 5) is 14.6. The van der Waals surface area contributed by atoms with Crippen LogP contribution in [0.4, 0.5) is 5.69 Å². The van der Waals surface area contributed by atoms with Gasteiger partial charge in [-0.2, -0.15) is 8.42 Å². The molecule has 0 spiro atoms. The summed E-state index contributed by atoms with van der Waals surface area (Å²) in [5.41, 5.74) is 1.35. The Hall–Kier alpha value is -2.61. The van der Waals surface area contributed by atoms with Gasteiger partial charge in [-0.3, -0.25) is 9.69 Å². The van der Waals surface area contributed by atoms with Crippen LogP contribution in [0.1, 0.15) is 10.8 Å². The first-order chi connectivity index (χ1) is 14.0. The number of para-hydroxylation sites is 1. The molecule has 4 rings (SSSR count). The molecule has 1 amide bonds. The predicted molar refractivity (Wildman–Crippen MR) is 117 cm³/mol. The lowest BCUT2D eigenvalue weighted by Gasteiger charge is -2.16. The first-order valence-electron chi connectivity index (χ1n) is 8.67. The second-order valence-corrected chi connectivity index (χ2v) is 9.33. The van der Waals surface area contributed by atoms with Gasteiger partial charge in [-0.1, -0.05) is 71.9 Å². The highest BCUT2D eigenvalue weighted by Crippen LogP contribution is 2.42. The number of nitrogens with zero attached hydrogens (tertiary/aromatic N) is 2. The summed E-state index contributed by atoms with van der Waals surface area (Å²) >= 11 is 6.97. The van der Waals surface area contributed by atoms with Crippen LogP contribution in [0.25, 0.3) is 0 Å². The molecule has 0 N–H and O–H groups in total. The van der Waals surface area contributed by atoms with Crippen molar-refractivity contribution >= 4 is 50.1 Å². The van der Waals surface area contributed by atoms with Gasteiger partial charge in [0.2, 0.25) is 0 Å². The molecule has 0 radical (unpaired) electrons. The summed E-state index contributed by atoms with van der Waals surface area (Å²) in [6.07, 6.45) is 0. The average molecular weight is 443 g/mol. The standard InChI is InChI=1S/C21H15ClN2O3S2/c22-16-11-13-18(14-12-16)29(26,27)23-21-24(17-9-5-2-6-10-17)20(25)19(28-21)15-7-3-1-4-8-15/h1-14,19H. The Bertz CT molecular complexity index is 1170. The number of amides is 1. The topological polar surface area (TPSA) is 66.8 Å². The molecule has 5 nitrogen and oxygen atoms in total. The van der Waals surface area contributed by atoms with E-state index in [1.165, 1.54) is 29.2 Å². The Balaban J connectivity index is 1.79. The maximum absolute atomic E-state index is 13.2. The number of rotatable bonds is 4. The van der Waals surface area contributed by atoms with E-state index in [4.69, 9.17) is 11.6 Å². The molecule has 0 aliphatic carbocycles. The van der Waals surface area contributed by atoms with Crippen molar-refractivity contribution in [2.45, 2.75) is 10.1 Å². The SMILES string of the molecule is O=C1C(c2ccccc2)SC(=NS(=O)(=O)c2ccc(Cl)cc2)N1c1ccccc1. The third-order valence-corrected chi connectivity index (χ3v) is 7.13. The van der Waals surface area contributed by atoms with E-state index in [-0.39, 0.29) is 16.0 Å². The van der Waals surface area contributed by atoms with Crippen molar-refractivity contribution in [3.63, 3.8) is 0 Å². The Morgan fingerprint density at radius 1 is 0.862 bits per heavy atom. The molecule has 0 bridgehead atoms. The summed E-state index contributed by atoms with van der Waals surface area (Å²) in [6.45, 7) is 0. The summed E-state index contributed by atoms with van der Waals surface area (Å²) in [5, 5.41) is -0.0300. The molecule has 1 saturated heterocycles. The Labute approximate surface area is 178 Å². The Kier molecular flexibility index (Phi) is 5.45. The van der Waals surface area contributed by atoms with E-state index in [9.17, 15) is 13.2 Å². The maximum Gasteiger partial charge on any atom is 0.284 e. The van der Waals surface area contributed by atoms with Crippen molar-refractivity contribution in [2.75, 3.05) is 4.90 Å². The van der Waals surface area contributed by atoms with Crippen molar-refractivity contribution in [1.29, 1.82) is 0 Å². The number of hydrogen-bond donors (Lipinski definition) is 0. The molecule has 0 saturated carbocycles. The lowest BCUT2D eigenvalue weighted by Crippen LogP contribution is -2.30. The van der Waals surface area contributed by atoms with Crippen LogP contribution in [-0.2, 0) is 14.8 Å². The Morgan fingerprint density at radius 3 is 2.07 bits per heavy atom. The fourth-order valence-electron chi connectivity index (χ4n) is 2.90. The van der Waals surface area contributed by atoms with Crippen molar-refractivity contribution in [3.8, 4) is 0 Å². The summed E-state index contributed by atoms with van der Waals surface area (Å²) in [5.74, 6) is -0.238. The number of benzene rings is 3. The number of amidine groups is 1. The summed E-state index contributed by atoms with van der Waals surface area (Å²) in [7, 11) is -4.02. The molecule has 1 fully saturated rings. The first-order valence-corrected chi connectivity index (χ1v) is 11.4. The highest BCUT2D eigenvalue weighted by molar-refractivity contribution is 8.16. The summed E-state index contributed by atoms with van der Waals surface area (Å²) in [6, 6.07) is 23.9. The third-order valence-electron chi connectivity index (χ3n) is 4.29. The average Bonchev–Trinajstić information content (AvgIpc) is 3.05. The van der Waals surface area contributed by atoms with Crippen molar-refractivity contribution in [1.82, 2.24) is 0 Å². The normalized spacial score (nSPS) is 18.4.